The van der Waals surface area contributed by atoms with E-state index < -0.39 is 17.7 Å². The van der Waals surface area contributed by atoms with E-state index in [0.29, 0.717) is 19.6 Å². The molecule has 0 aromatic rings. The molecule has 0 aliphatic carbocycles. The molecular weight excluding hydrogens is 224 g/mol. The summed E-state index contributed by atoms with van der Waals surface area (Å²) in [5.74, 6) is -0.798. The number of nitrogens with zero attached hydrogens (tertiary/aromatic N) is 1. The van der Waals surface area contributed by atoms with E-state index >= 15 is 0 Å². The number of hydrogen-bond donors (Lipinski definition) is 2. The van der Waals surface area contributed by atoms with E-state index in [1.54, 1.807) is 0 Å². The van der Waals surface area contributed by atoms with Crippen LogP contribution in [0.25, 0.3) is 0 Å². The molecule has 6 heteroatoms. The van der Waals surface area contributed by atoms with Crippen molar-refractivity contribution in [2.75, 3.05) is 19.6 Å². The van der Waals surface area contributed by atoms with Crippen LogP contribution in [0.3, 0.4) is 0 Å². The molecule has 6 nitrogen and oxygen atoms in total. The minimum atomic E-state index is -0.798. The van der Waals surface area contributed by atoms with Gasteiger partial charge >= 0.3 is 12.1 Å². The lowest BCUT2D eigenvalue weighted by atomic mass is 10.1. The molecule has 0 aromatic heterocycles. The van der Waals surface area contributed by atoms with E-state index in [4.69, 9.17) is 9.84 Å². The van der Waals surface area contributed by atoms with Gasteiger partial charge in [0.25, 0.3) is 0 Å². The number of carboxylic acids is 1. The molecule has 1 aliphatic rings. The highest BCUT2D eigenvalue weighted by Gasteiger charge is 2.29. The third-order valence-electron chi connectivity index (χ3n) is 2.32. The second-order valence-electron chi connectivity index (χ2n) is 5.25. The first-order valence-electron chi connectivity index (χ1n) is 5.70. The minimum Gasteiger partial charge on any atom is -0.481 e. The standard InChI is InChI=1S/C11H20N2O4/c1-11(2,3)17-10(16)12-8-6-13(7-8)5-4-9(14)15/h8H,4-7H2,1-3H3,(H,12,16)(H,14,15). The normalized spacial score (nSPS) is 17.4. The summed E-state index contributed by atoms with van der Waals surface area (Å²) in [4.78, 5) is 23.7. The molecule has 0 unspecified atom stereocenters. The third kappa shape index (κ3) is 5.53. The third-order valence-corrected chi connectivity index (χ3v) is 2.32. The summed E-state index contributed by atoms with van der Waals surface area (Å²) in [5.41, 5.74) is -0.489. The van der Waals surface area contributed by atoms with Crippen LogP contribution in [0.15, 0.2) is 0 Å². The summed E-state index contributed by atoms with van der Waals surface area (Å²) in [6, 6.07) is 0.0682. The molecule has 1 rings (SSSR count). The van der Waals surface area contributed by atoms with Crippen molar-refractivity contribution >= 4 is 12.1 Å². The Kier molecular flexibility index (Phi) is 4.34. The maximum Gasteiger partial charge on any atom is 0.407 e. The molecule has 1 fully saturated rings. The number of carbonyl (C=O) groups is 2. The number of alkyl carbamates (subject to hydrolysis) is 1. The monoisotopic (exact) mass is 244 g/mol. The average molecular weight is 244 g/mol. The van der Waals surface area contributed by atoms with Crippen molar-refractivity contribution in [2.24, 2.45) is 0 Å². The highest BCUT2D eigenvalue weighted by molar-refractivity contribution is 5.68. The second kappa shape index (κ2) is 5.35. The van der Waals surface area contributed by atoms with E-state index in [1.165, 1.54) is 0 Å². The summed E-state index contributed by atoms with van der Waals surface area (Å²) in [7, 11) is 0. The van der Waals surface area contributed by atoms with Crippen LogP contribution in [0, 0.1) is 0 Å². The topological polar surface area (TPSA) is 78.9 Å². The van der Waals surface area contributed by atoms with Gasteiger partial charge in [-0.2, -0.15) is 0 Å². The van der Waals surface area contributed by atoms with Crippen molar-refractivity contribution in [3.05, 3.63) is 0 Å². The molecule has 1 aliphatic heterocycles. The lowest BCUT2D eigenvalue weighted by Gasteiger charge is -2.39. The van der Waals surface area contributed by atoms with Gasteiger partial charge in [-0.05, 0) is 20.8 Å². The lowest BCUT2D eigenvalue weighted by molar-refractivity contribution is -0.137. The molecule has 1 amide bonds. The number of nitrogens with one attached hydrogen (secondary N) is 1. The van der Waals surface area contributed by atoms with Gasteiger partial charge in [-0.3, -0.25) is 9.69 Å². The van der Waals surface area contributed by atoms with Crippen LogP contribution < -0.4 is 5.32 Å². The molecule has 1 heterocycles. The van der Waals surface area contributed by atoms with Crippen LogP contribution in [0.4, 0.5) is 4.79 Å². The van der Waals surface area contributed by atoms with Crippen LogP contribution in [-0.2, 0) is 9.53 Å². The second-order valence-corrected chi connectivity index (χ2v) is 5.25. The molecule has 1 saturated heterocycles. The Labute approximate surface area is 101 Å². The van der Waals surface area contributed by atoms with Crippen LogP contribution in [0.1, 0.15) is 27.2 Å². The summed E-state index contributed by atoms with van der Waals surface area (Å²) in [5, 5.41) is 11.2. The fourth-order valence-corrected chi connectivity index (χ4v) is 1.57. The SMILES string of the molecule is CC(C)(C)OC(=O)NC1CN(CCC(=O)O)C1. The first-order valence-corrected chi connectivity index (χ1v) is 5.70. The van der Waals surface area contributed by atoms with Crippen molar-refractivity contribution in [2.45, 2.75) is 38.8 Å². The number of rotatable bonds is 4. The Morgan fingerprint density at radius 1 is 1.41 bits per heavy atom. The molecule has 0 radical (unpaired) electrons. The maximum absolute atomic E-state index is 11.4. The molecule has 2 N–H and O–H groups in total. The lowest BCUT2D eigenvalue weighted by Crippen LogP contribution is -2.59. The van der Waals surface area contributed by atoms with Gasteiger partial charge in [0.2, 0.25) is 0 Å². The van der Waals surface area contributed by atoms with Crippen molar-refractivity contribution in [3.63, 3.8) is 0 Å². The van der Waals surface area contributed by atoms with E-state index in [1.807, 2.05) is 25.7 Å². The Balaban J connectivity index is 2.13. The van der Waals surface area contributed by atoms with Gasteiger partial charge in [-0.15, -0.1) is 0 Å². The highest BCUT2D eigenvalue weighted by Crippen LogP contribution is 2.11. The highest BCUT2D eigenvalue weighted by atomic mass is 16.6. The number of likely N-dealkylation sites (tertiary alicyclic amines) is 1. The minimum absolute atomic E-state index is 0.0682. The first-order chi connectivity index (χ1) is 7.76. The smallest absolute Gasteiger partial charge is 0.407 e. The fourth-order valence-electron chi connectivity index (χ4n) is 1.57. The van der Waals surface area contributed by atoms with Gasteiger partial charge in [0, 0.05) is 19.6 Å². The van der Waals surface area contributed by atoms with Gasteiger partial charge in [0.05, 0.1) is 12.5 Å². The van der Waals surface area contributed by atoms with Gasteiger partial charge in [0.15, 0.2) is 0 Å². The number of hydrogen-bond acceptors (Lipinski definition) is 4. The maximum atomic E-state index is 11.4. The zero-order valence-corrected chi connectivity index (χ0v) is 10.5. The first kappa shape index (κ1) is 13.8. The van der Waals surface area contributed by atoms with Gasteiger partial charge in [-0.25, -0.2) is 4.79 Å². The van der Waals surface area contributed by atoms with Crippen molar-refractivity contribution in [1.82, 2.24) is 10.2 Å². The van der Waals surface area contributed by atoms with Crippen LogP contribution >= 0.6 is 0 Å². The Bertz CT molecular complexity index is 292. The number of carbonyl (C=O) groups excluding carboxylic acids is 1. The Morgan fingerprint density at radius 2 is 2.00 bits per heavy atom. The molecule has 0 bridgehead atoms. The van der Waals surface area contributed by atoms with Crippen molar-refractivity contribution < 1.29 is 19.4 Å². The molecule has 0 atom stereocenters. The summed E-state index contributed by atoms with van der Waals surface area (Å²) in [6.07, 6.45) is -0.278. The molecular formula is C11H20N2O4. The van der Waals surface area contributed by atoms with E-state index in [2.05, 4.69) is 5.32 Å². The van der Waals surface area contributed by atoms with E-state index in [0.717, 1.165) is 0 Å². The Morgan fingerprint density at radius 3 is 2.47 bits per heavy atom. The number of ether oxygens (including phenoxy) is 1. The molecule has 0 spiro atoms. The predicted octanol–water partition coefficient (Wildman–Crippen LogP) is 0.670. The van der Waals surface area contributed by atoms with Gasteiger partial charge < -0.3 is 15.2 Å². The van der Waals surface area contributed by atoms with Crippen LogP contribution in [0.2, 0.25) is 0 Å². The van der Waals surface area contributed by atoms with Crippen LogP contribution in [-0.4, -0.2) is 53.3 Å². The van der Waals surface area contributed by atoms with Crippen LogP contribution in [0.5, 0.6) is 0 Å². The zero-order chi connectivity index (χ0) is 13.1. The Hall–Kier alpha value is -1.30. The average Bonchev–Trinajstić information content (AvgIpc) is 2.04. The largest absolute Gasteiger partial charge is 0.481 e. The number of amides is 1. The summed E-state index contributed by atoms with van der Waals surface area (Å²) < 4.78 is 5.11. The zero-order valence-electron chi connectivity index (χ0n) is 10.5. The van der Waals surface area contributed by atoms with Crippen molar-refractivity contribution in [3.8, 4) is 0 Å². The van der Waals surface area contributed by atoms with E-state index in [9.17, 15) is 9.59 Å². The predicted molar refractivity (Wildman–Crippen MR) is 61.9 cm³/mol. The number of aliphatic carboxylic acids is 1. The van der Waals surface area contributed by atoms with Gasteiger partial charge in [0.1, 0.15) is 5.60 Å². The quantitative estimate of drug-likeness (QED) is 0.760. The molecule has 0 saturated carbocycles. The summed E-state index contributed by atoms with van der Waals surface area (Å²) in [6.45, 7) is 7.34. The molecule has 98 valence electrons. The molecule has 17 heavy (non-hydrogen) atoms. The molecule has 0 aromatic carbocycles. The number of carboxylic acid groups (broad SMARTS) is 1. The van der Waals surface area contributed by atoms with E-state index in [-0.39, 0.29) is 12.5 Å². The van der Waals surface area contributed by atoms with Crippen molar-refractivity contribution in [1.29, 1.82) is 0 Å². The van der Waals surface area contributed by atoms with Gasteiger partial charge in [-0.1, -0.05) is 0 Å². The summed E-state index contributed by atoms with van der Waals surface area (Å²) >= 11 is 0. The fraction of sp³-hybridized carbons (Fsp3) is 0.818.